The molecule has 1 fully saturated rings. The second kappa shape index (κ2) is 7.86. The van der Waals surface area contributed by atoms with Crippen LogP contribution in [0.5, 0.6) is 0 Å². The van der Waals surface area contributed by atoms with E-state index < -0.39 is 0 Å². The summed E-state index contributed by atoms with van der Waals surface area (Å²) in [6.07, 6.45) is 3.83. The Bertz CT molecular complexity index is 775. The molecule has 1 saturated heterocycles. The van der Waals surface area contributed by atoms with Crippen molar-refractivity contribution in [3.8, 4) is 0 Å². The van der Waals surface area contributed by atoms with Gasteiger partial charge in [-0.2, -0.15) is 0 Å². The molecule has 7 heteroatoms. The minimum absolute atomic E-state index is 0.108. The van der Waals surface area contributed by atoms with E-state index in [2.05, 4.69) is 41.0 Å². The monoisotopic (exact) mass is 372 g/mol. The van der Waals surface area contributed by atoms with E-state index in [1.54, 1.807) is 13.1 Å². The first-order valence-corrected chi connectivity index (χ1v) is 9.24. The zero-order chi connectivity index (χ0) is 18.7. The first-order chi connectivity index (χ1) is 12.5. The molecule has 3 heterocycles. The summed E-state index contributed by atoms with van der Waals surface area (Å²) in [4.78, 5) is 18.6. The molecule has 2 unspecified atom stereocenters. The second-order valence-corrected chi connectivity index (χ2v) is 6.88. The predicted molar refractivity (Wildman–Crippen MR) is 104 cm³/mol. The van der Waals surface area contributed by atoms with Crippen LogP contribution in [0.15, 0.2) is 42.7 Å². The van der Waals surface area contributed by atoms with Crippen molar-refractivity contribution in [2.75, 3.05) is 13.2 Å². The number of nitrogens with zero attached hydrogens (tertiary/aromatic N) is 3. The molecule has 0 radical (unpaired) electrons. The van der Waals surface area contributed by atoms with E-state index in [1.165, 1.54) is 0 Å². The number of pyridine rings is 1. The molecule has 3 rings (SSSR count). The molecule has 0 aliphatic carbocycles. The maximum absolute atomic E-state index is 12.1. The number of hydrogen-bond donors (Lipinski definition) is 1. The summed E-state index contributed by atoms with van der Waals surface area (Å²) in [7, 11) is 0. The zero-order valence-electron chi connectivity index (χ0n) is 15.3. The Balaban J connectivity index is 2.01. The third-order valence-electron chi connectivity index (χ3n) is 4.47. The fourth-order valence-corrected chi connectivity index (χ4v) is 3.68. The standard InChI is InChI=1S/C19H24N4O2S/c1-4-25-16(24)12-23-18(15-9-7-11-22(15)13(2)3)17(21-19(23)26)14-8-5-6-10-20-14/h5-11,13,17-18H,4,12H2,1-3H3,(H,21,26). The molecule has 6 nitrogen and oxygen atoms in total. The van der Waals surface area contributed by atoms with Crippen molar-refractivity contribution < 1.29 is 9.53 Å². The van der Waals surface area contributed by atoms with E-state index in [0.717, 1.165) is 11.4 Å². The maximum Gasteiger partial charge on any atom is 0.325 e. The molecular formula is C19H24N4O2S. The predicted octanol–water partition coefficient (Wildman–Crippen LogP) is 3.00. The first-order valence-electron chi connectivity index (χ1n) is 8.83. The van der Waals surface area contributed by atoms with Crippen molar-refractivity contribution in [3.05, 3.63) is 54.1 Å². The van der Waals surface area contributed by atoms with Crippen molar-refractivity contribution in [2.24, 2.45) is 0 Å². The quantitative estimate of drug-likeness (QED) is 0.621. The summed E-state index contributed by atoms with van der Waals surface area (Å²) in [6.45, 7) is 6.53. The summed E-state index contributed by atoms with van der Waals surface area (Å²) in [6, 6.07) is 9.94. The minimum Gasteiger partial charge on any atom is -0.465 e. The Morgan fingerprint density at radius 1 is 1.35 bits per heavy atom. The molecule has 0 spiro atoms. The normalized spacial score (nSPS) is 19.7. The molecule has 0 amide bonds. The van der Waals surface area contributed by atoms with Crippen molar-refractivity contribution in [1.82, 2.24) is 19.8 Å². The van der Waals surface area contributed by atoms with Crippen molar-refractivity contribution in [2.45, 2.75) is 38.9 Å². The highest BCUT2D eigenvalue weighted by Crippen LogP contribution is 2.39. The summed E-state index contributed by atoms with van der Waals surface area (Å²) in [5.41, 5.74) is 1.98. The number of nitrogens with one attached hydrogen (secondary N) is 1. The smallest absolute Gasteiger partial charge is 0.325 e. The fraction of sp³-hybridized carbons (Fsp3) is 0.421. The molecule has 1 aliphatic heterocycles. The highest BCUT2D eigenvalue weighted by molar-refractivity contribution is 7.80. The number of carbonyl (C=O) groups is 1. The van der Waals surface area contributed by atoms with E-state index in [9.17, 15) is 4.79 Å². The van der Waals surface area contributed by atoms with E-state index in [1.807, 2.05) is 29.2 Å². The Labute approximate surface area is 159 Å². The molecule has 1 N–H and O–H groups in total. The van der Waals surface area contributed by atoms with Gasteiger partial charge in [0.2, 0.25) is 0 Å². The third kappa shape index (κ3) is 3.58. The number of carbonyl (C=O) groups excluding carboxylic acids is 1. The first kappa shape index (κ1) is 18.4. The number of esters is 1. The topological polar surface area (TPSA) is 59.4 Å². The zero-order valence-corrected chi connectivity index (χ0v) is 16.1. The van der Waals surface area contributed by atoms with Gasteiger partial charge in [0.05, 0.1) is 24.4 Å². The number of hydrogen-bond acceptors (Lipinski definition) is 4. The fourth-order valence-electron chi connectivity index (χ4n) is 3.37. The average molecular weight is 372 g/mol. The minimum atomic E-state index is -0.286. The van der Waals surface area contributed by atoms with Gasteiger partial charge in [-0.15, -0.1) is 0 Å². The lowest BCUT2D eigenvalue weighted by Crippen LogP contribution is -2.36. The summed E-state index contributed by atoms with van der Waals surface area (Å²) in [5, 5.41) is 3.88. The number of ether oxygens (including phenoxy) is 1. The summed E-state index contributed by atoms with van der Waals surface area (Å²) in [5.74, 6) is -0.286. The van der Waals surface area contributed by atoms with Crippen LogP contribution in [-0.4, -0.2) is 38.7 Å². The van der Waals surface area contributed by atoms with E-state index in [0.29, 0.717) is 17.8 Å². The van der Waals surface area contributed by atoms with Crippen molar-refractivity contribution >= 4 is 23.3 Å². The van der Waals surface area contributed by atoms with Gasteiger partial charge in [0.1, 0.15) is 6.54 Å². The highest BCUT2D eigenvalue weighted by Gasteiger charge is 2.42. The average Bonchev–Trinajstić information content (AvgIpc) is 3.21. The second-order valence-electron chi connectivity index (χ2n) is 6.49. The van der Waals surface area contributed by atoms with Crippen LogP contribution in [0, 0.1) is 0 Å². The van der Waals surface area contributed by atoms with Gasteiger partial charge < -0.3 is 19.5 Å². The molecular weight excluding hydrogens is 348 g/mol. The third-order valence-corrected chi connectivity index (χ3v) is 4.83. The van der Waals surface area contributed by atoms with Gasteiger partial charge in [0, 0.05) is 24.1 Å². The van der Waals surface area contributed by atoms with Crippen LogP contribution in [0.3, 0.4) is 0 Å². The van der Waals surface area contributed by atoms with Gasteiger partial charge in [-0.05, 0) is 57.3 Å². The van der Waals surface area contributed by atoms with Crippen molar-refractivity contribution in [1.29, 1.82) is 0 Å². The van der Waals surface area contributed by atoms with E-state index in [-0.39, 0.29) is 24.6 Å². The number of aromatic nitrogens is 2. The van der Waals surface area contributed by atoms with Crippen LogP contribution in [0.25, 0.3) is 0 Å². The van der Waals surface area contributed by atoms with Gasteiger partial charge >= 0.3 is 5.97 Å². The van der Waals surface area contributed by atoms with Crippen LogP contribution in [0.4, 0.5) is 0 Å². The molecule has 0 bridgehead atoms. The summed E-state index contributed by atoms with van der Waals surface area (Å²) >= 11 is 5.55. The van der Waals surface area contributed by atoms with Crippen LogP contribution in [0.2, 0.25) is 0 Å². The van der Waals surface area contributed by atoms with Gasteiger partial charge in [0.25, 0.3) is 0 Å². The maximum atomic E-state index is 12.1. The lowest BCUT2D eigenvalue weighted by molar-refractivity contribution is -0.143. The van der Waals surface area contributed by atoms with Crippen LogP contribution in [0.1, 0.15) is 50.3 Å². The molecule has 1 aliphatic rings. The molecule has 2 aromatic heterocycles. The van der Waals surface area contributed by atoms with Gasteiger partial charge in [0.15, 0.2) is 5.11 Å². The summed E-state index contributed by atoms with van der Waals surface area (Å²) < 4.78 is 7.35. The molecule has 0 saturated carbocycles. The Morgan fingerprint density at radius 2 is 2.15 bits per heavy atom. The lowest BCUT2D eigenvalue weighted by atomic mass is 10.0. The Morgan fingerprint density at radius 3 is 2.81 bits per heavy atom. The number of thiocarbonyl (C=S) groups is 1. The van der Waals surface area contributed by atoms with Gasteiger partial charge in [-0.25, -0.2) is 0 Å². The van der Waals surface area contributed by atoms with Gasteiger partial charge in [-0.3, -0.25) is 9.78 Å². The van der Waals surface area contributed by atoms with E-state index >= 15 is 0 Å². The molecule has 2 atom stereocenters. The van der Waals surface area contributed by atoms with Crippen molar-refractivity contribution in [3.63, 3.8) is 0 Å². The van der Waals surface area contributed by atoms with E-state index in [4.69, 9.17) is 17.0 Å². The largest absolute Gasteiger partial charge is 0.465 e. The Hall–Kier alpha value is -2.41. The molecule has 0 aromatic carbocycles. The van der Waals surface area contributed by atoms with Crippen LogP contribution < -0.4 is 5.32 Å². The molecule has 26 heavy (non-hydrogen) atoms. The SMILES string of the molecule is CCOC(=O)CN1C(=S)NC(c2ccccn2)C1c1cccn1C(C)C. The lowest BCUT2D eigenvalue weighted by Gasteiger charge is -2.29. The highest BCUT2D eigenvalue weighted by atomic mass is 32.1. The molecule has 2 aromatic rings. The van der Waals surface area contributed by atoms with Crippen LogP contribution >= 0.6 is 12.2 Å². The molecule has 138 valence electrons. The number of rotatable bonds is 6. The van der Waals surface area contributed by atoms with Crippen LogP contribution in [-0.2, 0) is 9.53 Å². The van der Waals surface area contributed by atoms with Gasteiger partial charge in [-0.1, -0.05) is 6.07 Å². The Kier molecular flexibility index (Phi) is 5.56.